The Kier molecular flexibility index (Phi) is 9.60. The van der Waals surface area contributed by atoms with E-state index in [9.17, 15) is 14.0 Å². The topological polar surface area (TPSA) is 117 Å². The first-order chi connectivity index (χ1) is 18.2. The number of aliphatic imine (C=N–C) groups is 1. The number of hydrogen-bond acceptors (Lipinski definition) is 10. The number of morpholine rings is 1. The van der Waals surface area contributed by atoms with Crippen LogP contribution in [0.25, 0.3) is 0 Å². The highest BCUT2D eigenvalue weighted by Gasteiger charge is 2.35. The molecule has 2 aromatic rings. The van der Waals surface area contributed by atoms with E-state index < -0.39 is 23.8 Å². The van der Waals surface area contributed by atoms with Crippen LogP contribution in [0.3, 0.4) is 0 Å². The summed E-state index contributed by atoms with van der Waals surface area (Å²) < 4.78 is 25.7. The number of amidine groups is 1. The lowest BCUT2D eigenvalue weighted by Crippen LogP contribution is -2.49. The number of carboxylic acids is 1. The molecule has 13 heteroatoms. The SMILES string of the molecule is CCOC(=O)C1=C(CN2CCOC(CN(C)CC(=O)O)C2)NC(c2nccs2)=N[C@H]1c1ccc(F)cc1Br. The van der Waals surface area contributed by atoms with Gasteiger partial charge in [0.1, 0.15) is 11.9 Å². The van der Waals surface area contributed by atoms with Crippen LogP contribution in [-0.4, -0.2) is 96.8 Å². The molecule has 0 amide bonds. The molecule has 204 valence electrons. The van der Waals surface area contributed by atoms with Crippen LogP contribution in [0.5, 0.6) is 0 Å². The van der Waals surface area contributed by atoms with Crippen molar-refractivity contribution in [1.82, 2.24) is 20.1 Å². The maximum atomic E-state index is 13.9. The van der Waals surface area contributed by atoms with Crippen molar-refractivity contribution in [3.63, 3.8) is 0 Å². The molecule has 0 bridgehead atoms. The number of halogens is 2. The van der Waals surface area contributed by atoms with Gasteiger partial charge in [-0.2, -0.15) is 0 Å². The van der Waals surface area contributed by atoms with E-state index in [1.165, 1.54) is 23.5 Å². The summed E-state index contributed by atoms with van der Waals surface area (Å²) in [6.45, 7) is 4.30. The number of carbonyl (C=O) groups excluding carboxylic acids is 1. The number of hydrogen-bond donors (Lipinski definition) is 2. The minimum Gasteiger partial charge on any atom is -0.480 e. The Morgan fingerprint density at radius 3 is 2.92 bits per heavy atom. The fraction of sp³-hybridized carbons (Fsp3) is 0.440. The first-order valence-corrected chi connectivity index (χ1v) is 13.8. The molecule has 0 saturated carbocycles. The zero-order valence-corrected chi connectivity index (χ0v) is 23.4. The number of likely N-dealkylation sites (N-methyl/N-ethyl adjacent to an activating group) is 1. The van der Waals surface area contributed by atoms with Crippen LogP contribution in [0.1, 0.15) is 23.5 Å². The van der Waals surface area contributed by atoms with Gasteiger partial charge in [-0.15, -0.1) is 11.3 Å². The van der Waals surface area contributed by atoms with Gasteiger partial charge in [-0.3, -0.25) is 19.6 Å². The van der Waals surface area contributed by atoms with Gasteiger partial charge in [0.15, 0.2) is 10.8 Å². The quantitative estimate of drug-likeness (QED) is 0.392. The van der Waals surface area contributed by atoms with Crippen LogP contribution in [0.2, 0.25) is 0 Å². The van der Waals surface area contributed by atoms with Crippen molar-refractivity contribution >= 4 is 45.0 Å². The van der Waals surface area contributed by atoms with Crippen LogP contribution >= 0.6 is 27.3 Å². The molecule has 1 aromatic carbocycles. The second kappa shape index (κ2) is 12.9. The van der Waals surface area contributed by atoms with Gasteiger partial charge < -0.3 is 19.9 Å². The third-order valence-corrected chi connectivity index (χ3v) is 7.51. The Morgan fingerprint density at radius 2 is 2.24 bits per heavy atom. The van der Waals surface area contributed by atoms with E-state index in [1.807, 2.05) is 5.38 Å². The Balaban J connectivity index is 1.68. The molecule has 10 nitrogen and oxygen atoms in total. The van der Waals surface area contributed by atoms with Crippen molar-refractivity contribution in [2.45, 2.75) is 19.1 Å². The fourth-order valence-electron chi connectivity index (χ4n) is 4.47. The number of benzene rings is 1. The van der Waals surface area contributed by atoms with Crippen molar-refractivity contribution in [1.29, 1.82) is 0 Å². The van der Waals surface area contributed by atoms with Gasteiger partial charge >= 0.3 is 11.9 Å². The molecular formula is C25H29BrFN5O5S. The molecule has 4 rings (SSSR count). The summed E-state index contributed by atoms with van der Waals surface area (Å²) in [5, 5.41) is 14.9. The van der Waals surface area contributed by atoms with E-state index in [4.69, 9.17) is 19.6 Å². The van der Waals surface area contributed by atoms with Crippen molar-refractivity contribution in [3.05, 3.63) is 61.9 Å². The van der Waals surface area contributed by atoms with E-state index in [0.717, 1.165) is 0 Å². The smallest absolute Gasteiger partial charge is 0.338 e. The van der Waals surface area contributed by atoms with E-state index in [2.05, 4.69) is 31.1 Å². The molecule has 38 heavy (non-hydrogen) atoms. The molecule has 2 N–H and O–H groups in total. The Hall–Kier alpha value is -2.71. The predicted molar refractivity (Wildman–Crippen MR) is 144 cm³/mol. The van der Waals surface area contributed by atoms with E-state index in [-0.39, 0.29) is 19.3 Å². The first kappa shape index (κ1) is 28.3. The average molecular weight is 611 g/mol. The lowest BCUT2D eigenvalue weighted by molar-refractivity contribution is -0.139. The number of ether oxygens (including phenoxy) is 2. The molecule has 2 aliphatic rings. The normalized spacial score (nSPS) is 20.3. The van der Waals surface area contributed by atoms with E-state index in [0.29, 0.717) is 64.9 Å². The number of carboxylic acid groups (broad SMARTS) is 1. The molecule has 3 heterocycles. The second-order valence-electron chi connectivity index (χ2n) is 8.94. The number of aromatic nitrogens is 1. The first-order valence-electron chi connectivity index (χ1n) is 12.1. The standard InChI is InChI=1S/C25H29BrFN5O5S/c1-3-36-25(35)21-19(13-32-7-8-37-16(12-32)11-31(2)14-20(33)34)29-23(24-28-6-9-38-24)30-22(21)17-5-4-15(27)10-18(17)26/h4-6,9-10,16,22H,3,7-8,11-14H2,1-2H3,(H,29,30)(H,33,34)/t16?,22-/m0/s1. The fourth-order valence-corrected chi connectivity index (χ4v) is 5.62. The Morgan fingerprint density at radius 1 is 1.42 bits per heavy atom. The Bertz CT molecular complexity index is 1220. The van der Waals surface area contributed by atoms with Gasteiger partial charge in [0, 0.05) is 47.9 Å². The van der Waals surface area contributed by atoms with Gasteiger partial charge in [-0.25, -0.2) is 14.2 Å². The average Bonchev–Trinajstić information content (AvgIpc) is 3.38. The lowest BCUT2D eigenvalue weighted by atomic mass is 9.95. The zero-order valence-electron chi connectivity index (χ0n) is 21.0. The van der Waals surface area contributed by atoms with Gasteiger partial charge in [0.25, 0.3) is 0 Å². The van der Waals surface area contributed by atoms with Crippen LogP contribution in [0, 0.1) is 5.82 Å². The molecule has 1 aromatic heterocycles. The molecule has 2 aliphatic heterocycles. The van der Waals surface area contributed by atoms with Crippen molar-refractivity contribution in [2.24, 2.45) is 4.99 Å². The largest absolute Gasteiger partial charge is 0.480 e. The van der Waals surface area contributed by atoms with E-state index in [1.54, 1.807) is 31.1 Å². The number of rotatable bonds is 10. The van der Waals surface area contributed by atoms with Gasteiger partial charge in [-0.1, -0.05) is 22.0 Å². The maximum Gasteiger partial charge on any atom is 0.338 e. The minimum absolute atomic E-state index is 0.0819. The summed E-state index contributed by atoms with van der Waals surface area (Å²) in [6, 6.07) is 3.54. The number of nitrogens with zero attached hydrogens (tertiary/aromatic N) is 4. The van der Waals surface area contributed by atoms with Crippen LogP contribution in [-0.2, 0) is 19.1 Å². The van der Waals surface area contributed by atoms with Crippen LogP contribution in [0.15, 0.2) is 50.5 Å². The second-order valence-corrected chi connectivity index (χ2v) is 10.7. The highest BCUT2D eigenvalue weighted by Crippen LogP contribution is 2.37. The Labute approximate surface area is 232 Å². The molecule has 1 unspecified atom stereocenters. The number of esters is 1. The number of carbonyl (C=O) groups is 2. The van der Waals surface area contributed by atoms with Gasteiger partial charge in [-0.05, 0) is 31.7 Å². The summed E-state index contributed by atoms with van der Waals surface area (Å²) in [5.41, 5.74) is 1.58. The third-order valence-electron chi connectivity index (χ3n) is 6.04. The van der Waals surface area contributed by atoms with Gasteiger partial charge in [0.2, 0.25) is 0 Å². The monoisotopic (exact) mass is 609 g/mol. The highest BCUT2D eigenvalue weighted by molar-refractivity contribution is 9.10. The van der Waals surface area contributed by atoms with Crippen molar-refractivity contribution in [3.8, 4) is 0 Å². The predicted octanol–water partition coefficient (Wildman–Crippen LogP) is 2.67. The minimum atomic E-state index is -0.900. The number of nitrogens with one attached hydrogen (secondary N) is 1. The van der Waals surface area contributed by atoms with Crippen molar-refractivity contribution < 1.29 is 28.6 Å². The molecule has 0 spiro atoms. The summed E-state index contributed by atoms with van der Waals surface area (Å²) >= 11 is 4.85. The number of thiazole rings is 1. The van der Waals surface area contributed by atoms with Crippen molar-refractivity contribution in [2.75, 3.05) is 53.0 Å². The maximum absolute atomic E-state index is 13.9. The zero-order chi connectivity index (χ0) is 27.2. The summed E-state index contributed by atoms with van der Waals surface area (Å²) in [4.78, 5) is 37.4. The summed E-state index contributed by atoms with van der Waals surface area (Å²) in [7, 11) is 1.74. The van der Waals surface area contributed by atoms with E-state index >= 15 is 0 Å². The third kappa shape index (κ3) is 7.03. The lowest BCUT2D eigenvalue weighted by Gasteiger charge is -2.36. The molecular weight excluding hydrogens is 581 g/mol. The molecule has 2 atom stereocenters. The molecule has 1 saturated heterocycles. The molecule has 0 aliphatic carbocycles. The van der Waals surface area contributed by atoms with Crippen LogP contribution < -0.4 is 5.32 Å². The van der Waals surface area contributed by atoms with Crippen LogP contribution in [0.4, 0.5) is 4.39 Å². The summed E-state index contributed by atoms with van der Waals surface area (Å²) in [5.74, 6) is -1.31. The summed E-state index contributed by atoms with van der Waals surface area (Å²) in [6.07, 6.45) is 1.48. The molecule has 0 radical (unpaired) electrons. The molecule has 1 fully saturated rings. The van der Waals surface area contributed by atoms with Gasteiger partial charge in [0.05, 0.1) is 31.4 Å². The highest BCUT2D eigenvalue weighted by atomic mass is 79.9. The number of aliphatic carboxylic acids is 1.